The van der Waals surface area contributed by atoms with E-state index < -0.39 is 10.1 Å². The van der Waals surface area contributed by atoms with Crippen molar-refractivity contribution in [3.05, 3.63) is 66.0 Å². The van der Waals surface area contributed by atoms with Gasteiger partial charge in [0.15, 0.2) is 0 Å². The number of anilines is 2. The summed E-state index contributed by atoms with van der Waals surface area (Å²) in [5.41, 5.74) is 2.29. The van der Waals surface area contributed by atoms with Gasteiger partial charge in [0.25, 0.3) is 10.1 Å². The zero-order chi connectivity index (χ0) is 21.6. The Labute approximate surface area is 171 Å². The van der Waals surface area contributed by atoms with Gasteiger partial charge >= 0.3 is 0 Å². The van der Waals surface area contributed by atoms with Gasteiger partial charge in [0.1, 0.15) is 4.90 Å². The lowest BCUT2D eigenvalue weighted by Crippen LogP contribution is -2.25. The first kappa shape index (κ1) is 22.2. The van der Waals surface area contributed by atoms with Crippen molar-refractivity contribution in [3.8, 4) is 0 Å². The molecule has 0 heterocycles. The van der Waals surface area contributed by atoms with Crippen LogP contribution in [0.2, 0.25) is 0 Å². The van der Waals surface area contributed by atoms with Gasteiger partial charge in [-0.1, -0.05) is 36.9 Å². The third-order valence-electron chi connectivity index (χ3n) is 3.74. The van der Waals surface area contributed by atoms with Crippen LogP contribution < -0.4 is 16.0 Å². The van der Waals surface area contributed by atoms with Crippen LogP contribution in [0.15, 0.2) is 59.8 Å². The van der Waals surface area contributed by atoms with Gasteiger partial charge < -0.3 is 16.0 Å². The van der Waals surface area contributed by atoms with E-state index in [-0.39, 0.29) is 16.8 Å². The van der Waals surface area contributed by atoms with E-state index in [0.717, 1.165) is 5.56 Å². The van der Waals surface area contributed by atoms with Gasteiger partial charge in [-0.25, -0.2) is 0 Å². The van der Waals surface area contributed by atoms with Crippen LogP contribution in [0.4, 0.5) is 11.4 Å². The maximum atomic E-state index is 11.8. The number of rotatable bonds is 8. The molecule has 0 aliphatic rings. The molecule has 29 heavy (non-hydrogen) atoms. The molecule has 2 aromatic carbocycles. The lowest BCUT2D eigenvalue weighted by Gasteiger charge is -2.15. The molecule has 7 nitrogen and oxygen atoms in total. The minimum atomic E-state index is -4.43. The molecular weight excluding hydrogens is 390 g/mol. The van der Waals surface area contributed by atoms with Crippen molar-refractivity contribution in [1.82, 2.24) is 5.32 Å². The minimum absolute atomic E-state index is 0.161. The Morgan fingerprint density at radius 2 is 1.66 bits per heavy atom. The third-order valence-corrected chi connectivity index (χ3v) is 4.65. The van der Waals surface area contributed by atoms with Gasteiger partial charge in [0, 0.05) is 24.3 Å². The first-order chi connectivity index (χ1) is 13.5. The smallest absolute Gasteiger partial charge is 0.295 e. The van der Waals surface area contributed by atoms with E-state index in [1.165, 1.54) is 13.0 Å². The second kappa shape index (κ2) is 9.40. The van der Waals surface area contributed by atoms with Crippen molar-refractivity contribution in [3.63, 3.8) is 0 Å². The summed E-state index contributed by atoms with van der Waals surface area (Å²) in [5, 5.41) is 8.71. The Morgan fingerprint density at radius 3 is 2.21 bits per heavy atom. The van der Waals surface area contributed by atoms with Crippen molar-refractivity contribution < 1.29 is 17.8 Å². The number of carbonyl (C=O) groups excluding carboxylic acids is 1. The molecule has 1 amide bonds. The normalized spacial score (nSPS) is 11.5. The Morgan fingerprint density at radius 1 is 1.03 bits per heavy atom. The van der Waals surface area contributed by atoms with Crippen LogP contribution in [0, 0.1) is 0 Å². The summed E-state index contributed by atoms with van der Waals surface area (Å²) < 4.78 is 33.3. The molecular formula is C21H25N3O4S. The van der Waals surface area contributed by atoms with Crippen LogP contribution in [0.5, 0.6) is 0 Å². The van der Waals surface area contributed by atoms with Crippen LogP contribution in [-0.2, 0) is 14.9 Å². The predicted octanol–water partition coefficient (Wildman–Crippen LogP) is 3.94. The fraction of sp³-hybridized carbons (Fsp3) is 0.190. The first-order valence-corrected chi connectivity index (χ1v) is 10.4. The van der Waals surface area contributed by atoms with E-state index in [1.54, 1.807) is 48.6 Å². The average Bonchev–Trinajstić information content (AvgIpc) is 2.59. The highest BCUT2D eigenvalue weighted by atomic mass is 32.2. The number of hydrogen-bond donors (Lipinski definition) is 4. The van der Waals surface area contributed by atoms with Crippen LogP contribution >= 0.6 is 0 Å². The number of carbonyl (C=O) groups is 1. The Bertz CT molecular complexity index is 1030. The highest BCUT2D eigenvalue weighted by molar-refractivity contribution is 7.86. The van der Waals surface area contributed by atoms with E-state index >= 15 is 0 Å². The third kappa shape index (κ3) is 7.10. The van der Waals surface area contributed by atoms with E-state index in [0.29, 0.717) is 22.8 Å². The monoisotopic (exact) mass is 415 g/mol. The minimum Gasteiger partial charge on any atom is -0.370 e. The van der Waals surface area contributed by atoms with E-state index in [2.05, 4.69) is 22.5 Å². The SMILES string of the molecule is C=C(Nc1ccc(/C=C/c2ccc(NC(C)=O)cc2)c(S(=O)(=O)O)c1)NC(C)C. The summed E-state index contributed by atoms with van der Waals surface area (Å²) in [4.78, 5) is 10.9. The molecule has 154 valence electrons. The molecule has 0 atom stereocenters. The molecule has 0 aliphatic carbocycles. The van der Waals surface area contributed by atoms with Crippen LogP contribution in [0.1, 0.15) is 31.9 Å². The zero-order valence-corrected chi connectivity index (χ0v) is 17.4. The lowest BCUT2D eigenvalue weighted by molar-refractivity contribution is -0.114. The molecule has 0 radical (unpaired) electrons. The number of nitrogens with one attached hydrogen (secondary N) is 3. The van der Waals surface area contributed by atoms with Crippen LogP contribution in [0.25, 0.3) is 12.2 Å². The second-order valence-electron chi connectivity index (χ2n) is 6.77. The molecule has 8 heteroatoms. The number of amides is 1. The highest BCUT2D eigenvalue weighted by Gasteiger charge is 2.15. The zero-order valence-electron chi connectivity index (χ0n) is 16.6. The summed E-state index contributed by atoms with van der Waals surface area (Å²) in [6.07, 6.45) is 3.31. The molecule has 2 aromatic rings. The summed E-state index contributed by atoms with van der Waals surface area (Å²) >= 11 is 0. The van der Waals surface area contributed by atoms with Crippen molar-refractivity contribution in [2.24, 2.45) is 0 Å². The maximum Gasteiger partial charge on any atom is 0.295 e. The quantitative estimate of drug-likeness (QED) is 0.384. The standard InChI is InChI=1S/C21H25N3O4S/c1-14(2)22-15(3)23-20-12-9-18(21(13-20)29(26,27)28)8-5-17-6-10-19(11-7-17)24-16(4)25/h5-14,22-23H,3H2,1-2,4H3,(H,24,25)(H,26,27,28)/b8-5+. The molecule has 0 aromatic heterocycles. The lowest BCUT2D eigenvalue weighted by atomic mass is 10.1. The van der Waals surface area contributed by atoms with Crippen LogP contribution in [0.3, 0.4) is 0 Å². The van der Waals surface area contributed by atoms with Gasteiger partial charge in [-0.3, -0.25) is 9.35 Å². The summed E-state index contributed by atoms with van der Waals surface area (Å²) in [6, 6.07) is 11.9. The molecule has 0 saturated heterocycles. The number of benzene rings is 2. The molecule has 0 saturated carbocycles. The van der Waals surface area contributed by atoms with Crippen molar-refractivity contribution in [1.29, 1.82) is 0 Å². The largest absolute Gasteiger partial charge is 0.370 e. The van der Waals surface area contributed by atoms with E-state index in [4.69, 9.17) is 0 Å². The molecule has 0 spiro atoms. The highest BCUT2D eigenvalue weighted by Crippen LogP contribution is 2.24. The van der Waals surface area contributed by atoms with Gasteiger partial charge in [-0.15, -0.1) is 0 Å². The molecule has 0 bridgehead atoms. The fourth-order valence-electron chi connectivity index (χ4n) is 2.60. The Balaban J connectivity index is 2.26. The van der Waals surface area contributed by atoms with Gasteiger partial charge in [0.2, 0.25) is 5.91 Å². The molecule has 2 rings (SSSR count). The van der Waals surface area contributed by atoms with Gasteiger partial charge in [0.05, 0.1) is 5.82 Å². The fourth-order valence-corrected chi connectivity index (χ4v) is 3.31. The van der Waals surface area contributed by atoms with Crippen molar-refractivity contribution >= 4 is 39.6 Å². The molecule has 0 aliphatic heterocycles. The number of hydrogen-bond acceptors (Lipinski definition) is 5. The topological polar surface area (TPSA) is 108 Å². The summed E-state index contributed by atoms with van der Waals surface area (Å²) in [5.74, 6) is 0.356. The summed E-state index contributed by atoms with van der Waals surface area (Å²) in [7, 11) is -4.43. The maximum absolute atomic E-state index is 11.8. The predicted molar refractivity (Wildman–Crippen MR) is 117 cm³/mol. The molecule has 4 N–H and O–H groups in total. The Kier molecular flexibility index (Phi) is 7.19. The average molecular weight is 416 g/mol. The first-order valence-electron chi connectivity index (χ1n) is 8.94. The van der Waals surface area contributed by atoms with Crippen LogP contribution in [-0.4, -0.2) is 24.9 Å². The Hall–Kier alpha value is -3.10. The second-order valence-corrected chi connectivity index (χ2v) is 8.16. The van der Waals surface area contributed by atoms with Gasteiger partial charge in [-0.2, -0.15) is 8.42 Å². The van der Waals surface area contributed by atoms with E-state index in [9.17, 15) is 17.8 Å². The van der Waals surface area contributed by atoms with Crippen molar-refractivity contribution in [2.75, 3.05) is 10.6 Å². The van der Waals surface area contributed by atoms with E-state index in [1.807, 2.05) is 13.8 Å². The summed E-state index contributed by atoms with van der Waals surface area (Å²) in [6.45, 7) is 9.16. The van der Waals surface area contributed by atoms with Gasteiger partial charge in [-0.05, 0) is 49.2 Å². The van der Waals surface area contributed by atoms with Crippen molar-refractivity contribution in [2.45, 2.75) is 31.7 Å². The molecule has 0 fully saturated rings. The molecule has 0 unspecified atom stereocenters.